The number of esters is 3. The van der Waals surface area contributed by atoms with E-state index in [0.29, 0.717) is 12.8 Å². The summed E-state index contributed by atoms with van der Waals surface area (Å²) in [5.74, 6) is -0.972. The van der Waals surface area contributed by atoms with E-state index in [1.165, 1.54) is 19.3 Å². The molecule has 0 amide bonds. The Bertz CT molecular complexity index is 1510. The summed E-state index contributed by atoms with van der Waals surface area (Å²) in [6.07, 6.45) is 78.7. The zero-order valence-corrected chi connectivity index (χ0v) is 44.3. The van der Waals surface area contributed by atoms with E-state index in [-0.39, 0.29) is 37.5 Å². The Balaban J connectivity index is 4.40. The molecular weight excluding hydrogens is 853 g/mol. The third-order valence-corrected chi connectivity index (χ3v) is 11.1. The van der Waals surface area contributed by atoms with Crippen molar-refractivity contribution in [2.45, 2.75) is 232 Å². The molecule has 0 aliphatic carbocycles. The first-order chi connectivity index (χ1) is 34.0. The van der Waals surface area contributed by atoms with E-state index in [0.717, 1.165) is 167 Å². The van der Waals surface area contributed by atoms with Crippen LogP contribution in [0.4, 0.5) is 0 Å². The first kappa shape index (κ1) is 64.5. The monoisotopic (exact) mass is 953 g/mol. The van der Waals surface area contributed by atoms with Crippen molar-refractivity contribution in [1.29, 1.82) is 0 Å². The largest absolute Gasteiger partial charge is 0.462 e. The third kappa shape index (κ3) is 54.4. The van der Waals surface area contributed by atoms with E-state index >= 15 is 0 Å². The smallest absolute Gasteiger partial charge is 0.306 e. The van der Waals surface area contributed by atoms with Gasteiger partial charge in [-0.15, -0.1) is 0 Å². The highest BCUT2D eigenvalue weighted by Crippen LogP contribution is 2.13. The van der Waals surface area contributed by atoms with Crippen LogP contribution in [0.3, 0.4) is 0 Å². The lowest BCUT2D eigenvalue weighted by molar-refractivity contribution is -0.167. The Morgan fingerprint density at radius 2 is 0.565 bits per heavy atom. The van der Waals surface area contributed by atoms with E-state index in [1.54, 1.807) is 0 Å². The van der Waals surface area contributed by atoms with Crippen LogP contribution in [0, 0.1) is 0 Å². The number of hydrogen-bond acceptors (Lipinski definition) is 6. The van der Waals surface area contributed by atoms with Crippen LogP contribution < -0.4 is 0 Å². The van der Waals surface area contributed by atoms with Gasteiger partial charge in [-0.05, 0) is 128 Å². The van der Waals surface area contributed by atoms with Crippen LogP contribution in [-0.4, -0.2) is 37.2 Å². The van der Waals surface area contributed by atoms with E-state index in [4.69, 9.17) is 14.2 Å². The highest BCUT2D eigenvalue weighted by molar-refractivity contribution is 5.71. The molecule has 0 N–H and O–H groups in total. The molecule has 0 spiro atoms. The molecule has 0 aliphatic rings. The molecule has 1 unspecified atom stereocenters. The predicted octanol–water partition coefficient (Wildman–Crippen LogP) is 18.6. The van der Waals surface area contributed by atoms with Crippen LogP contribution in [0.15, 0.2) is 134 Å². The van der Waals surface area contributed by atoms with E-state index < -0.39 is 6.10 Å². The van der Waals surface area contributed by atoms with Crippen LogP contribution >= 0.6 is 0 Å². The number of hydrogen-bond donors (Lipinski definition) is 0. The molecule has 0 aromatic rings. The minimum Gasteiger partial charge on any atom is -0.462 e. The molecule has 1 atom stereocenters. The van der Waals surface area contributed by atoms with Crippen molar-refractivity contribution < 1.29 is 28.6 Å². The Hall–Kier alpha value is -4.45. The Labute approximate surface area is 424 Å². The lowest BCUT2D eigenvalue weighted by atomic mass is 10.1. The average Bonchev–Trinajstić information content (AvgIpc) is 3.35. The maximum absolute atomic E-state index is 12.8. The normalized spacial score (nSPS) is 13.1. The van der Waals surface area contributed by atoms with Crippen LogP contribution in [0.1, 0.15) is 226 Å². The maximum atomic E-state index is 12.8. The molecule has 0 saturated carbocycles. The predicted molar refractivity (Wildman–Crippen MR) is 297 cm³/mol. The van der Waals surface area contributed by atoms with E-state index in [2.05, 4.69) is 154 Å². The summed E-state index contributed by atoms with van der Waals surface area (Å²) < 4.78 is 16.8. The molecule has 6 heteroatoms. The van der Waals surface area contributed by atoms with Gasteiger partial charge in [-0.3, -0.25) is 14.4 Å². The fourth-order valence-corrected chi connectivity index (χ4v) is 7.03. The molecule has 388 valence electrons. The Morgan fingerprint density at radius 1 is 0.304 bits per heavy atom. The van der Waals surface area contributed by atoms with Gasteiger partial charge in [0, 0.05) is 19.3 Å². The lowest BCUT2D eigenvalue weighted by Gasteiger charge is -2.18. The number of unbranched alkanes of at least 4 members (excludes halogenated alkanes) is 15. The molecule has 6 nitrogen and oxygen atoms in total. The van der Waals surface area contributed by atoms with Crippen molar-refractivity contribution in [2.75, 3.05) is 13.2 Å². The quantitative estimate of drug-likeness (QED) is 0.0262. The van der Waals surface area contributed by atoms with Crippen molar-refractivity contribution in [3.63, 3.8) is 0 Å². The second-order valence-corrected chi connectivity index (χ2v) is 17.7. The zero-order chi connectivity index (χ0) is 50.0. The minimum atomic E-state index is -0.810. The van der Waals surface area contributed by atoms with Crippen molar-refractivity contribution in [3.05, 3.63) is 134 Å². The maximum Gasteiger partial charge on any atom is 0.306 e. The van der Waals surface area contributed by atoms with E-state index in [1.807, 2.05) is 0 Å². The Morgan fingerprint density at radius 3 is 0.899 bits per heavy atom. The summed E-state index contributed by atoms with van der Waals surface area (Å²) >= 11 is 0. The topological polar surface area (TPSA) is 78.9 Å². The number of allylic oxidation sites excluding steroid dienone is 22. The second-order valence-electron chi connectivity index (χ2n) is 17.7. The average molecular weight is 953 g/mol. The molecular formula is C63H100O6. The fourth-order valence-electron chi connectivity index (χ4n) is 7.03. The van der Waals surface area contributed by atoms with Crippen LogP contribution in [-0.2, 0) is 28.6 Å². The second kappa shape index (κ2) is 56.1. The van der Waals surface area contributed by atoms with Crippen molar-refractivity contribution in [3.8, 4) is 0 Å². The first-order valence-corrected chi connectivity index (χ1v) is 27.7. The summed E-state index contributed by atoms with van der Waals surface area (Å²) in [6.45, 7) is 6.28. The number of carbonyl (C=O) groups excluding carboxylic acids is 3. The minimum absolute atomic E-state index is 0.107. The molecule has 0 aliphatic heterocycles. The fraction of sp³-hybridized carbons (Fsp3) is 0.603. The van der Waals surface area contributed by atoms with Gasteiger partial charge in [-0.25, -0.2) is 0 Å². The summed E-state index contributed by atoms with van der Waals surface area (Å²) in [6, 6.07) is 0. The van der Waals surface area contributed by atoms with Crippen LogP contribution in [0.25, 0.3) is 0 Å². The first-order valence-electron chi connectivity index (χ1n) is 27.7. The molecule has 0 fully saturated rings. The van der Waals surface area contributed by atoms with Gasteiger partial charge in [-0.2, -0.15) is 0 Å². The standard InChI is InChI=1S/C63H100O6/c1-4-7-10-13-16-19-22-25-26-27-28-29-30-31-32-33-34-35-36-39-41-44-47-50-53-56-62(65)68-59-60(69-63(66)57-54-51-48-45-42-38-24-21-18-15-12-9-6-3)58-67-61(64)55-52-49-46-43-40-37-23-20-17-14-11-8-5-2/h7,9-12,14,16,18-21,23,25-26,28-29,31-32,34-35,38,42,60H,4-6,8,13,15,17,22,24,27,30,33,36-37,39-41,43-59H2,1-3H3/b10-7-,12-9-,14-11-,19-16-,21-18-,23-20-,26-25-,29-28-,32-31-,35-34-,42-38-. The molecule has 0 saturated heterocycles. The van der Waals surface area contributed by atoms with Gasteiger partial charge < -0.3 is 14.2 Å². The summed E-state index contributed by atoms with van der Waals surface area (Å²) in [7, 11) is 0. The van der Waals surface area contributed by atoms with Gasteiger partial charge >= 0.3 is 17.9 Å². The molecule has 0 radical (unpaired) electrons. The molecule has 0 aromatic carbocycles. The van der Waals surface area contributed by atoms with Crippen molar-refractivity contribution >= 4 is 17.9 Å². The molecule has 0 aromatic heterocycles. The van der Waals surface area contributed by atoms with Crippen molar-refractivity contribution in [2.24, 2.45) is 0 Å². The van der Waals surface area contributed by atoms with Crippen molar-refractivity contribution in [1.82, 2.24) is 0 Å². The molecule has 0 rings (SSSR count). The highest BCUT2D eigenvalue weighted by Gasteiger charge is 2.19. The van der Waals surface area contributed by atoms with Crippen LogP contribution in [0.5, 0.6) is 0 Å². The molecule has 69 heavy (non-hydrogen) atoms. The van der Waals surface area contributed by atoms with Gasteiger partial charge in [0.15, 0.2) is 6.10 Å². The van der Waals surface area contributed by atoms with Gasteiger partial charge in [0.2, 0.25) is 0 Å². The van der Waals surface area contributed by atoms with Gasteiger partial charge in [-0.1, -0.05) is 212 Å². The summed E-state index contributed by atoms with van der Waals surface area (Å²) in [5, 5.41) is 0. The van der Waals surface area contributed by atoms with Crippen LogP contribution in [0.2, 0.25) is 0 Å². The highest BCUT2D eigenvalue weighted by atomic mass is 16.6. The third-order valence-electron chi connectivity index (χ3n) is 11.1. The molecule has 0 heterocycles. The number of carbonyl (C=O) groups is 3. The lowest BCUT2D eigenvalue weighted by Crippen LogP contribution is -2.30. The molecule has 0 bridgehead atoms. The SMILES string of the molecule is CC/C=C\C/C=C\C/C=C\C/C=C\C/C=C\C/C=C\CCCCCCCCC(=O)OCC(COC(=O)CCCCCCC/C=C\C/C=C\CCC)OC(=O)CCCCC/C=C\C/C=C\C/C=C\CC. The summed E-state index contributed by atoms with van der Waals surface area (Å²) in [4.78, 5) is 38.1. The van der Waals surface area contributed by atoms with Gasteiger partial charge in [0.25, 0.3) is 0 Å². The number of rotatable bonds is 48. The summed E-state index contributed by atoms with van der Waals surface area (Å²) in [5.41, 5.74) is 0. The number of ether oxygens (including phenoxy) is 3. The van der Waals surface area contributed by atoms with E-state index in [9.17, 15) is 14.4 Å². The Kier molecular flexibility index (Phi) is 52.5. The zero-order valence-electron chi connectivity index (χ0n) is 44.3. The van der Waals surface area contributed by atoms with Gasteiger partial charge in [0.1, 0.15) is 13.2 Å². The van der Waals surface area contributed by atoms with Gasteiger partial charge in [0.05, 0.1) is 0 Å².